The third-order valence-corrected chi connectivity index (χ3v) is 5.63. The molecule has 8 heteroatoms. The van der Waals surface area contributed by atoms with Crippen LogP contribution in [0.25, 0.3) is 11.4 Å². The molecule has 1 aliphatic rings. The van der Waals surface area contributed by atoms with E-state index in [9.17, 15) is 0 Å². The molecule has 1 atom stereocenters. The van der Waals surface area contributed by atoms with Crippen LogP contribution >= 0.6 is 11.8 Å². The van der Waals surface area contributed by atoms with Crippen LogP contribution in [0.5, 0.6) is 17.2 Å². The predicted molar refractivity (Wildman–Crippen MR) is 113 cm³/mol. The van der Waals surface area contributed by atoms with Gasteiger partial charge in [0.1, 0.15) is 5.75 Å². The fourth-order valence-corrected chi connectivity index (χ4v) is 4.09. The number of ether oxygens (including phenoxy) is 3. The van der Waals surface area contributed by atoms with Gasteiger partial charge in [-0.05, 0) is 61.9 Å². The molecule has 0 amide bonds. The molecule has 29 heavy (non-hydrogen) atoms. The summed E-state index contributed by atoms with van der Waals surface area (Å²) >= 11 is 1.63. The first-order valence-electron chi connectivity index (χ1n) is 9.31. The quantitative estimate of drug-likeness (QED) is 0.609. The summed E-state index contributed by atoms with van der Waals surface area (Å²) in [4.78, 5) is 0. The molecule has 0 saturated carbocycles. The van der Waals surface area contributed by atoms with Crippen LogP contribution < -0.4 is 14.2 Å². The Morgan fingerprint density at radius 1 is 0.966 bits per heavy atom. The first-order valence-corrected chi connectivity index (χ1v) is 10.2. The van der Waals surface area contributed by atoms with Gasteiger partial charge < -0.3 is 14.2 Å². The second-order valence-electron chi connectivity index (χ2n) is 6.39. The standard InChI is InChI=1S/C21H22N4O3S/c1-5-28-16-9-6-14(7-10-16)19-13(2)29-21-23-22-20(25(21)24-19)15-8-11-17(26-3)18(12-15)27-4/h6-13H,5H2,1-4H3/t13-/m1/s1. The molecule has 7 nitrogen and oxygen atoms in total. The third-order valence-electron chi connectivity index (χ3n) is 4.59. The normalized spacial score (nSPS) is 15.4. The smallest absolute Gasteiger partial charge is 0.213 e. The van der Waals surface area contributed by atoms with E-state index in [1.807, 2.05) is 49.4 Å². The molecule has 1 aromatic heterocycles. The van der Waals surface area contributed by atoms with Gasteiger partial charge in [-0.3, -0.25) is 0 Å². The van der Waals surface area contributed by atoms with Crippen LogP contribution in [0.4, 0.5) is 0 Å². The van der Waals surface area contributed by atoms with Crippen LogP contribution in [0, 0.1) is 0 Å². The van der Waals surface area contributed by atoms with Crippen LogP contribution in [0.15, 0.2) is 52.7 Å². The number of rotatable bonds is 6. The molecule has 3 aromatic rings. The van der Waals surface area contributed by atoms with E-state index in [1.54, 1.807) is 30.7 Å². The van der Waals surface area contributed by atoms with Crippen LogP contribution in [-0.4, -0.2) is 46.7 Å². The molecule has 0 bridgehead atoms. The van der Waals surface area contributed by atoms with Crippen molar-refractivity contribution in [2.75, 3.05) is 20.8 Å². The van der Waals surface area contributed by atoms with E-state index in [0.29, 0.717) is 23.9 Å². The molecule has 2 aromatic carbocycles. The van der Waals surface area contributed by atoms with Crippen molar-refractivity contribution in [3.05, 3.63) is 48.0 Å². The van der Waals surface area contributed by atoms with Gasteiger partial charge in [-0.1, -0.05) is 11.8 Å². The van der Waals surface area contributed by atoms with Gasteiger partial charge >= 0.3 is 0 Å². The molecule has 0 fully saturated rings. The molecule has 2 heterocycles. The Labute approximate surface area is 173 Å². The minimum atomic E-state index is 0.155. The van der Waals surface area contributed by atoms with Gasteiger partial charge in [0.05, 0.1) is 31.8 Å². The lowest BCUT2D eigenvalue weighted by atomic mass is 10.1. The highest BCUT2D eigenvalue weighted by molar-refractivity contribution is 8.00. The largest absolute Gasteiger partial charge is 0.494 e. The number of nitrogens with zero attached hydrogens (tertiary/aromatic N) is 4. The molecule has 1 aliphatic heterocycles. The van der Waals surface area contributed by atoms with Gasteiger partial charge in [0.15, 0.2) is 17.3 Å². The number of hydrogen-bond donors (Lipinski definition) is 0. The second-order valence-corrected chi connectivity index (χ2v) is 7.70. The summed E-state index contributed by atoms with van der Waals surface area (Å²) in [6.45, 7) is 4.74. The number of fused-ring (bicyclic) bond motifs is 1. The summed E-state index contributed by atoms with van der Waals surface area (Å²) in [6, 6.07) is 13.7. The van der Waals surface area contributed by atoms with Crippen molar-refractivity contribution in [3.8, 4) is 28.6 Å². The Morgan fingerprint density at radius 2 is 1.69 bits per heavy atom. The molecule has 150 valence electrons. The lowest BCUT2D eigenvalue weighted by molar-refractivity contribution is 0.340. The Balaban J connectivity index is 1.74. The Morgan fingerprint density at radius 3 is 2.38 bits per heavy atom. The van der Waals surface area contributed by atoms with Crippen molar-refractivity contribution in [2.24, 2.45) is 5.10 Å². The van der Waals surface area contributed by atoms with Gasteiger partial charge in [-0.25, -0.2) is 0 Å². The highest BCUT2D eigenvalue weighted by Crippen LogP contribution is 2.36. The third kappa shape index (κ3) is 3.67. The molecule has 0 radical (unpaired) electrons. The molecule has 0 saturated heterocycles. The highest BCUT2D eigenvalue weighted by atomic mass is 32.2. The van der Waals surface area contributed by atoms with Crippen LogP contribution in [0.1, 0.15) is 19.4 Å². The molecular formula is C21H22N4O3S. The summed E-state index contributed by atoms with van der Waals surface area (Å²) in [7, 11) is 3.22. The fourth-order valence-electron chi connectivity index (χ4n) is 3.17. The summed E-state index contributed by atoms with van der Waals surface area (Å²) in [5.41, 5.74) is 2.87. The van der Waals surface area contributed by atoms with E-state index in [4.69, 9.17) is 19.3 Å². The average Bonchev–Trinajstić information content (AvgIpc) is 3.16. The van der Waals surface area contributed by atoms with Crippen molar-refractivity contribution >= 4 is 17.5 Å². The zero-order valence-electron chi connectivity index (χ0n) is 16.7. The van der Waals surface area contributed by atoms with Gasteiger partial charge in [-0.2, -0.15) is 9.78 Å². The van der Waals surface area contributed by atoms with E-state index in [2.05, 4.69) is 17.1 Å². The predicted octanol–water partition coefficient (Wildman–Crippen LogP) is 4.11. The Bertz CT molecular complexity index is 1050. The van der Waals surface area contributed by atoms with Crippen molar-refractivity contribution < 1.29 is 14.2 Å². The highest BCUT2D eigenvalue weighted by Gasteiger charge is 2.26. The zero-order valence-corrected chi connectivity index (χ0v) is 17.6. The Hall–Kier alpha value is -3.00. The van der Waals surface area contributed by atoms with Crippen molar-refractivity contribution in [3.63, 3.8) is 0 Å². The molecule has 0 unspecified atom stereocenters. The maximum atomic E-state index is 5.54. The van der Waals surface area contributed by atoms with Gasteiger partial charge in [0, 0.05) is 5.56 Å². The van der Waals surface area contributed by atoms with Crippen LogP contribution in [-0.2, 0) is 0 Å². The van der Waals surface area contributed by atoms with E-state index < -0.39 is 0 Å². The SMILES string of the molecule is CCOc1ccc(C2=Nn3c(nnc3-c3ccc(OC)c(OC)c3)S[C@@H]2C)cc1. The fraction of sp³-hybridized carbons (Fsp3) is 0.286. The Kier molecular flexibility index (Phi) is 5.44. The maximum absolute atomic E-state index is 5.54. The van der Waals surface area contributed by atoms with Crippen LogP contribution in [0.3, 0.4) is 0 Å². The number of thioether (sulfide) groups is 1. The number of benzene rings is 2. The summed E-state index contributed by atoms with van der Waals surface area (Å²) in [6.07, 6.45) is 0. The maximum Gasteiger partial charge on any atom is 0.213 e. The summed E-state index contributed by atoms with van der Waals surface area (Å²) < 4.78 is 18.1. The number of methoxy groups -OCH3 is 2. The first kappa shape index (κ1) is 19.3. The molecule has 4 rings (SSSR count). The van der Waals surface area contributed by atoms with E-state index in [-0.39, 0.29) is 5.25 Å². The van der Waals surface area contributed by atoms with Crippen molar-refractivity contribution in [2.45, 2.75) is 24.3 Å². The molecule has 0 spiro atoms. The van der Waals surface area contributed by atoms with Gasteiger partial charge in [0.25, 0.3) is 0 Å². The second kappa shape index (κ2) is 8.16. The van der Waals surface area contributed by atoms with Gasteiger partial charge in [-0.15, -0.1) is 10.2 Å². The molecule has 0 N–H and O–H groups in total. The van der Waals surface area contributed by atoms with Crippen molar-refractivity contribution in [1.29, 1.82) is 0 Å². The zero-order chi connectivity index (χ0) is 20.4. The minimum Gasteiger partial charge on any atom is -0.494 e. The van der Waals surface area contributed by atoms with E-state index >= 15 is 0 Å². The van der Waals surface area contributed by atoms with E-state index in [0.717, 1.165) is 27.7 Å². The number of hydrogen-bond acceptors (Lipinski definition) is 7. The minimum absolute atomic E-state index is 0.155. The van der Waals surface area contributed by atoms with Crippen molar-refractivity contribution in [1.82, 2.24) is 14.9 Å². The van der Waals surface area contributed by atoms with Crippen LogP contribution in [0.2, 0.25) is 0 Å². The first-order chi connectivity index (χ1) is 14.1. The molecule has 0 aliphatic carbocycles. The topological polar surface area (TPSA) is 70.8 Å². The summed E-state index contributed by atoms with van der Waals surface area (Å²) in [5, 5.41) is 14.5. The number of aromatic nitrogens is 3. The van der Waals surface area contributed by atoms with E-state index in [1.165, 1.54) is 0 Å². The average molecular weight is 410 g/mol. The molecular weight excluding hydrogens is 388 g/mol. The lowest BCUT2D eigenvalue weighted by Gasteiger charge is -2.20. The lowest BCUT2D eigenvalue weighted by Crippen LogP contribution is -2.21. The van der Waals surface area contributed by atoms with Gasteiger partial charge in [0.2, 0.25) is 5.16 Å². The summed E-state index contributed by atoms with van der Waals surface area (Å²) in [5.74, 6) is 2.80. The monoisotopic (exact) mass is 410 g/mol.